The number of ether oxygens (including phenoxy) is 1. The Balaban J connectivity index is 1.64. The molecule has 0 saturated carbocycles. The first-order valence-electron chi connectivity index (χ1n) is 8.20. The number of hydrogen-bond donors (Lipinski definition) is 3. The first-order chi connectivity index (χ1) is 13.9. The van der Waals surface area contributed by atoms with Gasteiger partial charge in [0.2, 0.25) is 0 Å². The Labute approximate surface area is 178 Å². The van der Waals surface area contributed by atoms with E-state index in [1.54, 1.807) is 25.3 Å². The monoisotopic (exact) mass is 449 g/mol. The summed E-state index contributed by atoms with van der Waals surface area (Å²) >= 11 is 10.9. The minimum Gasteiger partial charge on any atom is -0.497 e. The van der Waals surface area contributed by atoms with Crippen LogP contribution >= 0.6 is 23.8 Å². The second kappa shape index (κ2) is 9.03. The van der Waals surface area contributed by atoms with Crippen molar-refractivity contribution in [2.45, 2.75) is 4.90 Å². The Hall–Kier alpha value is -2.95. The first kappa shape index (κ1) is 20.8. The third-order valence-electron chi connectivity index (χ3n) is 3.62. The summed E-state index contributed by atoms with van der Waals surface area (Å²) in [7, 11) is -2.23. The van der Waals surface area contributed by atoms with Gasteiger partial charge in [-0.3, -0.25) is 4.72 Å². The number of anilines is 3. The highest BCUT2D eigenvalue weighted by molar-refractivity contribution is 7.92. The van der Waals surface area contributed by atoms with E-state index < -0.39 is 10.0 Å². The van der Waals surface area contributed by atoms with E-state index in [1.807, 2.05) is 18.2 Å². The predicted molar refractivity (Wildman–Crippen MR) is 117 cm³/mol. The topological polar surface area (TPSA) is 105 Å². The molecule has 1 heterocycles. The highest BCUT2D eigenvalue weighted by atomic mass is 35.5. The van der Waals surface area contributed by atoms with Gasteiger partial charge in [0.15, 0.2) is 16.1 Å². The van der Waals surface area contributed by atoms with Crippen LogP contribution in [0.5, 0.6) is 5.75 Å². The van der Waals surface area contributed by atoms with Gasteiger partial charge in [-0.25, -0.2) is 8.42 Å². The minimum atomic E-state index is -3.81. The van der Waals surface area contributed by atoms with Gasteiger partial charge in [-0.05, 0) is 60.7 Å². The standard InChI is InChI=1S/C18H16ClN5O3S2/c1-27-14-4-2-3-13(11-14)21-18(28)20-12-5-7-15(8-6-12)29(25,26)24-17-10-9-16(19)22-23-17/h2-11H,1H3,(H,23,24)(H2,20,21,28). The maximum Gasteiger partial charge on any atom is 0.263 e. The molecule has 3 rings (SSSR count). The molecule has 0 bridgehead atoms. The smallest absolute Gasteiger partial charge is 0.263 e. The van der Waals surface area contributed by atoms with Crippen molar-refractivity contribution >= 4 is 56.1 Å². The van der Waals surface area contributed by atoms with Gasteiger partial charge >= 0.3 is 0 Å². The zero-order valence-corrected chi connectivity index (χ0v) is 17.5. The van der Waals surface area contributed by atoms with Crippen LogP contribution in [0.3, 0.4) is 0 Å². The van der Waals surface area contributed by atoms with Crippen LogP contribution in [0.15, 0.2) is 65.6 Å². The molecule has 3 N–H and O–H groups in total. The molecule has 0 fully saturated rings. The molecule has 0 atom stereocenters. The van der Waals surface area contributed by atoms with Crippen molar-refractivity contribution in [3.63, 3.8) is 0 Å². The molecule has 29 heavy (non-hydrogen) atoms. The Kier molecular flexibility index (Phi) is 6.47. The van der Waals surface area contributed by atoms with E-state index in [-0.39, 0.29) is 15.9 Å². The van der Waals surface area contributed by atoms with Gasteiger partial charge in [-0.2, -0.15) is 0 Å². The Morgan fingerprint density at radius 1 is 1.00 bits per heavy atom. The maximum atomic E-state index is 12.4. The zero-order valence-electron chi connectivity index (χ0n) is 15.1. The number of thiocarbonyl (C=S) groups is 1. The van der Waals surface area contributed by atoms with Crippen molar-refractivity contribution in [1.29, 1.82) is 0 Å². The third kappa shape index (κ3) is 5.76. The Morgan fingerprint density at radius 3 is 2.38 bits per heavy atom. The van der Waals surface area contributed by atoms with Crippen LogP contribution in [0, 0.1) is 0 Å². The molecule has 0 spiro atoms. The number of nitrogens with one attached hydrogen (secondary N) is 3. The van der Waals surface area contributed by atoms with E-state index in [4.69, 9.17) is 28.6 Å². The third-order valence-corrected chi connectivity index (χ3v) is 5.40. The van der Waals surface area contributed by atoms with Gasteiger partial charge in [0.05, 0.1) is 12.0 Å². The molecule has 0 amide bonds. The summed E-state index contributed by atoms with van der Waals surface area (Å²) < 4.78 is 32.4. The molecule has 2 aromatic carbocycles. The van der Waals surface area contributed by atoms with E-state index in [9.17, 15) is 8.42 Å². The molecule has 0 aliphatic rings. The number of nitrogens with zero attached hydrogens (tertiary/aromatic N) is 2. The van der Waals surface area contributed by atoms with Crippen LogP contribution in [0.4, 0.5) is 17.2 Å². The lowest BCUT2D eigenvalue weighted by Crippen LogP contribution is -2.19. The molecule has 0 aliphatic heterocycles. The summed E-state index contributed by atoms with van der Waals surface area (Å²) in [6.07, 6.45) is 0. The number of sulfonamides is 1. The summed E-state index contributed by atoms with van der Waals surface area (Å²) in [4.78, 5) is 0.0615. The SMILES string of the molecule is COc1cccc(NC(=S)Nc2ccc(S(=O)(=O)Nc3ccc(Cl)nn3)cc2)c1. The maximum absolute atomic E-state index is 12.4. The average molecular weight is 450 g/mol. The summed E-state index contributed by atoms with van der Waals surface area (Å²) in [5, 5.41) is 13.8. The predicted octanol–water partition coefficient (Wildman–Crippen LogP) is 3.75. The van der Waals surface area contributed by atoms with Crippen molar-refractivity contribution in [2.24, 2.45) is 0 Å². The number of aromatic nitrogens is 2. The lowest BCUT2D eigenvalue weighted by molar-refractivity contribution is 0.415. The number of methoxy groups -OCH3 is 1. The molecule has 0 radical (unpaired) electrons. The van der Waals surface area contributed by atoms with Gasteiger partial charge in [0.25, 0.3) is 10.0 Å². The van der Waals surface area contributed by atoms with E-state index >= 15 is 0 Å². The molecular formula is C18H16ClN5O3S2. The summed E-state index contributed by atoms with van der Waals surface area (Å²) in [6, 6.07) is 16.3. The first-order valence-corrected chi connectivity index (χ1v) is 10.5. The van der Waals surface area contributed by atoms with E-state index in [0.29, 0.717) is 16.5 Å². The molecule has 0 aliphatic carbocycles. The van der Waals surface area contributed by atoms with Crippen molar-refractivity contribution in [3.05, 3.63) is 65.8 Å². The highest BCUT2D eigenvalue weighted by Crippen LogP contribution is 2.19. The number of rotatable bonds is 6. The van der Waals surface area contributed by atoms with Crippen LogP contribution < -0.4 is 20.1 Å². The second-order valence-electron chi connectivity index (χ2n) is 5.68. The molecule has 0 unspecified atom stereocenters. The minimum absolute atomic E-state index is 0.0615. The zero-order chi connectivity index (χ0) is 20.9. The summed E-state index contributed by atoms with van der Waals surface area (Å²) in [5.41, 5.74) is 1.38. The van der Waals surface area contributed by atoms with Crippen LogP contribution in [-0.2, 0) is 10.0 Å². The van der Waals surface area contributed by atoms with Gasteiger partial charge in [-0.15, -0.1) is 10.2 Å². The molecule has 150 valence electrons. The second-order valence-corrected chi connectivity index (χ2v) is 8.16. The van der Waals surface area contributed by atoms with Crippen LogP contribution in [0.25, 0.3) is 0 Å². The lowest BCUT2D eigenvalue weighted by Gasteiger charge is -2.12. The van der Waals surface area contributed by atoms with Gasteiger partial charge in [0, 0.05) is 17.4 Å². The quantitative estimate of drug-likeness (QED) is 0.488. The number of halogens is 1. The lowest BCUT2D eigenvalue weighted by atomic mass is 10.3. The van der Waals surface area contributed by atoms with E-state index in [1.165, 1.54) is 24.3 Å². The van der Waals surface area contributed by atoms with Crippen molar-refractivity contribution in [1.82, 2.24) is 10.2 Å². The highest BCUT2D eigenvalue weighted by Gasteiger charge is 2.15. The van der Waals surface area contributed by atoms with E-state index in [0.717, 1.165) is 5.69 Å². The van der Waals surface area contributed by atoms with Gasteiger partial charge in [0.1, 0.15) is 5.75 Å². The molecular weight excluding hydrogens is 434 g/mol. The fourth-order valence-corrected chi connectivity index (χ4v) is 3.61. The number of hydrogen-bond acceptors (Lipinski definition) is 6. The molecule has 8 nitrogen and oxygen atoms in total. The fraction of sp³-hybridized carbons (Fsp3) is 0.0556. The van der Waals surface area contributed by atoms with E-state index in [2.05, 4.69) is 25.6 Å². The van der Waals surface area contributed by atoms with Crippen LogP contribution in [0.2, 0.25) is 5.15 Å². The van der Waals surface area contributed by atoms with Crippen molar-refractivity contribution in [3.8, 4) is 5.75 Å². The molecule has 11 heteroatoms. The van der Waals surface area contributed by atoms with Crippen molar-refractivity contribution in [2.75, 3.05) is 22.5 Å². The molecule has 1 aromatic heterocycles. The average Bonchev–Trinajstić information content (AvgIpc) is 2.70. The Morgan fingerprint density at radius 2 is 1.72 bits per heavy atom. The van der Waals surface area contributed by atoms with Gasteiger partial charge in [-0.1, -0.05) is 17.7 Å². The molecule has 0 saturated heterocycles. The largest absolute Gasteiger partial charge is 0.497 e. The van der Waals surface area contributed by atoms with Gasteiger partial charge < -0.3 is 15.4 Å². The Bertz CT molecular complexity index is 1110. The van der Waals surface area contributed by atoms with Crippen LogP contribution in [-0.4, -0.2) is 30.8 Å². The number of benzene rings is 2. The van der Waals surface area contributed by atoms with Crippen molar-refractivity contribution < 1.29 is 13.2 Å². The summed E-state index contributed by atoms with van der Waals surface area (Å²) in [5.74, 6) is 0.769. The molecule has 3 aromatic rings. The normalized spacial score (nSPS) is 10.8. The summed E-state index contributed by atoms with van der Waals surface area (Å²) in [6.45, 7) is 0. The van der Waals surface area contributed by atoms with Crippen LogP contribution in [0.1, 0.15) is 0 Å². The fourth-order valence-electron chi connectivity index (χ4n) is 2.28.